The average Bonchev–Trinajstić information content (AvgIpc) is 2.46. The molecule has 1 aromatic heterocycles. The minimum Gasteiger partial charge on any atom is -0.350 e. The summed E-state index contributed by atoms with van der Waals surface area (Å²) in [6, 6.07) is 6.07. The minimum absolute atomic E-state index is 0.194. The van der Waals surface area contributed by atoms with Crippen molar-refractivity contribution in [1.29, 1.82) is 10.5 Å². The van der Waals surface area contributed by atoms with E-state index in [0.717, 1.165) is 4.91 Å². The van der Waals surface area contributed by atoms with E-state index in [9.17, 15) is 5.26 Å². The summed E-state index contributed by atoms with van der Waals surface area (Å²) in [5.41, 5.74) is -0.658. The molecule has 1 aliphatic heterocycles. The highest BCUT2D eigenvalue weighted by molar-refractivity contribution is 8.07. The van der Waals surface area contributed by atoms with Crippen LogP contribution in [-0.2, 0) is 4.74 Å². The van der Waals surface area contributed by atoms with Crippen molar-refractivity contribution in [2.75, 3.05) is 0 Å². The first-order valence-corrected chi connectivity index (χ1v) is 8.72. The summed E-state index contributed by atoms with van der Waals surface area (Å²) in [4.78, 5) is 8.55. The van der Waals surface area contributed by atoms with E-state index >= 15 is 0 Å². The van der Waals surface area contributed by atoms with Gasteiger partial charge in [-0.1, -0.05) is 0 Å². The minimum atomic E-state index is -0.815. The molecule has 120 valence electrons. The van der Waals surface area contributed by atoms with E-state index in [4.69, 9.17) is 10.00 Å². The molecule has 0 bridgehead atoms. The highest BCUT2D eigenvalue weighted by atomic mass is 32.2. The van der Waals surface area contributed by atoms with Gasteiger partial charge in [0.05, 0.1) is 28.9 Å². The molecule has 0 spiro atoms. The van der Waals surface area contributed by atoms with Gasteiger partial charge in [0, 0.05) is 23.4 Å². The molecule has 0 aliphatic carbocycles. The second kappa shape index (κ2) is 6.52. The Morgan fingerprint density at radius 2 is 1.91 bits per heavy atom. The molecule has 0 amide bonds. The van der Waals surface area contributed by atoms with Gasteiger partial charge < -0.3 is 4.74 Å². The third kappa shape index (κ3) is 3.53. The highest BCUT2D eigenvalue weighted by Crippen LogP contribution is 2.59. The molecule has 0 saturated carbocycles. The molecule has 0 radical (unpaired) electrons. The van der Waals surface area contributed by atoms with E-state index in [1.807, 2.05) is 27.7 Å². The van der Waals surface area contributed by atoms with Gasteiger partial charge in [0.2, 0.25) is 0 Å². The second-order valence-electron chi connectivity index (χ2n) is 6.08. The third-order valence-corrected chi connectivity index (χ3v) is 6.86. The smallest absolute Gasteiger partial charge is 0.190 e. The zero-order valence-electron chi connectivity index (χ0n) is 13.5. The number of nitrogens with zero attached hydrogens (tertiary/aromatic N) is 4. The first-order valence-electron chi connectivity index (χ1n) is 7.09. The lowest BCUT2D eigenvalue weighted by Crippen LogP contribution is -2.56. The lowest BCUT2D eigenvalue weighted by molar-refractivity contribution is -0.0831. The summed E-state index contributed by atoms with van der Waals surface area (Å²) in [7, 11) is 0. The van der Waals surface area contributed by atoms with Crippen LogP contribution in [0.15, 0.2) is 34.6 Å². The number of thioether (sulfide) groups is 2. The summed E-state index contributed by atoms with van der Waals surface area (Å²) in [6.07, 6.45) is 5.06. The first kappa shape index (κ1) is 17.8. The molecule has 1 atom stereocenters. The topological polar surface area (TPSA) is 82.6 Å². The fourth-order valence-electron chi connectivity index (χ4n) is 2.34. The number of ether oxygens (including phenoxy) is 1. The largest absolute Gasteiger partial charge is 0.350 e. The fourth-order valence-corrected chi connectivity index (χ4v) is 4.96. The van der Waals surface area contributed by atoms with Crippen molar-refractivity contribution in [2.45, 2.75) is 54.6 Å². The molecule has 1 fully saturated rings. The van der Waals surface area contributed by atoms with Crippen LogP contribution in [0.3, 0.4) is 0 Å². The van der Waals surface area contributed by atoms with Crippen LogP contribution in [0.4, 0.5) is 0 Å². The predicted molar refractivity (Wildman–Crippen MR) is 91.4 cm³/mol. The summed E-state index contributed by atoms with van der Waals surface area (Å²) in [5, 5.41) is 19.0. The molecule has 0 unspecified atom stereocenters. The summed E-state index contributed by atoms with van der Waals surface area (Å²) in [5.74, 6) is 0. The Balaban J connectivity index is 2.48. The Morgan fingerprint density at radius 1 is 1.26 bits per heavy atom. The quantitative estimate of drug-likeness (QED) is 0.606. The molecule has 1 aliphatic rings. The highest BCUT2D eigenvalue weighted by Gasteiger charge is 2.57. The summed E-state index contributed by atoms with van der Waals surface area (Å²) < 4.78 is 5.97. The van der Waals surface area contributed by atoms with E-state index in [2.05, 4.69) is 22.1 Å². The number of rotatable bonds is 3. The SMILES string of the molecule is CC1(C)O[C@@](CC#N)(Sc2ncccn2)C(C)(C)S/C1=C\C#N. The van der Waals surface area contributed by atoms with Crippen LogP contribution in [0.25, 0.3) is 0 Å². The average molecular weight is 346 g/mol. The maximum atomic E-state index is 9.37. The Morgan fingerprint density at radius 3 is 2.48 bits per heavy atom. The van der Waals surface area contributed by atoms with Gasteiger partial charge in [-0.25, -0.2) is 9.97 Å². The zero-order valence-corrected chi connectivity index (χ0v) is 15.2. The van der Waals surface area contributed by atoms with Gasteiger partial charge in [-0.3, -0.25) is 0 Å². The summed E-state index contributed by atoms with van der Waals surface area (Å²) in [6.45, 7) is 7.87. The molecule has 0 aromatic carbocycles. The molecule has 7 heteroatoms. The molecule has 1 saturated heterocycles. The van der Waals surface area contributed by atoms with E-state index in [0.29, 0.717) is 5.16 Å². The van der Waals surface area contributed by atoms with Crippen LogP contribution in [-0.4, -0.2) is 25.2 Å². The molecule has 2 rings (SSSR count). The van der Waals surface area contributed by atoms with Gasteiger partial charge in [0.25, 0.3) is 0 Å². The monoisotopic (exact) mass is 346 g/mol. The molecular formula is C16H18N4OS2. The van der Waals surface area contributed by atoms with Crippen molar-refractivity contribution in [1.82, 2.24) is 9.97 Å². The predicted octanol–water partition coefficient (Wildman–Crippen LogP) is 3.91. The van der Waals surface area contributed by atoms with E-state index in [1.54, 1.807) is 30.2 Å². The number of aromatic nitrogens is 2. The van der Waals surface area contributed by atoms with Crippen LogP contribution in [0.5, 0.6) is 0 Å². The van der Waals surface area contributed by atoms with Crippen LogP contribution < -0.4 is 0 Å². The van der Waals surface area contributed by atoms with Gasteiger partial charge in [0.1, 0.15) is 4.93 Å². The number of hydrogen-bond acceptors (Lipinski definition) is 7. The molecule has 5 nitrogen and oxygen atoms in total. The number of allylic oxidation sites excluding steroid dienone is 1. The molecule has 23 heavy (non-hydrogen) atoms. The summed E-state index contributed by atoms with van der Waals surface area (Å²) >= 11 is 2.94. The normalized spacial score (nSPS) is 27.1. The molecule has 2 heterocycles. The van der Waals surface area contributed by atoms with Crippen LogP contribution in [0.1, 0.15) is 34.1 Å². The Labute approximate surface area is 145 Å². The Kier molecular flexibility index (Phi) is 5.05. The van der Waals surface area contributed by atoms with E-state index in [1.165, 1.54) is 17.8 Å². The Bertz CT molecular complexity index is 688. The van der Waals surface area contributed by atoms with Crippen molar-refractivity contribution in [2.24, 2.45) is 0 Å². The van der Waals surface area contributed by atoms with Crippen molar-refractivity contribution in [3.63, 3.8) is 0 Å². The van der Waals surface area contributed by atoms with Gasteiger partial charge in [-0.05, 0) is 45.5 Å². The van der Waals surface area contributed by atoms with Gasteiger partial charge >= 0.3 is 0 Å². The maximum Gasteiger partial charge on any atom is 0.190 e. The maximum absolute atomic E-state index is 9.37. The molecule has 0 N–H and O–H groups in total. The zero-order chi connectivity index (χ0) is 17.1. The van der Waals surface area contributed by atoms with Crippen LogP contribution in [0.2, 0.25) is 0 Å². The fraction of sp³-hybridized carbons (Fsp3) is 0.500. The van der Waals surface area contributed by atoms with Crippen molar-refractivity contribution < 1.29 is 4.74 Å². The van der Waals surface area contributed by atoms with Crippen LogP contribution >= 0.6 is 23.5 Å². The standard InChI is InChI=1S/C16H18N4OS2/c1-14(2)12(6-8-17)22-15(3,4)16(21-14,7-9-18)23-13-19-10-5-11-20-13/h5-6,10-11H,7H2,1-4H3/b12-6-/t16-/m0/s1. The first-order chi connectivity index (χ1) is 10.8. The molecular weight excluding hydrogens is 328 g/mol. The van der Waals surface area contributed by atoms with E-state index in [-0.39, 0.29) is 6.42 Å². The Hall–Kier alpha value is -1.54. The van der Waals surface area contributed by atoms with Crippen molar-refractivity contribution >= 4 is 23.5 Å². The number of hydrogen-bond donors (Lipinski definition) is 0. The molecule has 1 aromatic rings. The second-order valence-corrected chi connectivity index (χ2v) is 8.98. The van der Waals surface area contributed by atoms with Crippen LogP contribution in [0, 0.1) is 22.7 Å². The lowest BCUT2D eigenvalue weighted by atomic mass is 9.99. The van der Waals surface area contributed by atoms with Gasteiger partial charge in [-0.2, -0.15) is 10.5 Å². The van der Waals surface area contributed by atoms with Crippen molar-refractivity contribution in [3.8, 4) is 12.1 Å². The van der Waals surface area contributed by atoms with Crippen molar-refractivity contribution in [3.05, 3.63) is 29.4 Å². The van der Waals surface area contributed by atoms with Gasteiger partial charge in [0.15, 0.2) is 5.16 Å². The van der Waals surface area contributed by atoms with Gasteiger partial charge in [-0.15, -0.1) is 11.8 Å². The third-order valence-electron chi connectivity index (χ3n) is 3.60. The lowest BCUT2D eigenvalue weighted by Gasteiger charge is -2.53. The number of nitriles is 2. The van der Waals surface area contributed by atoms with E-state index < -0.39 is 15.3 Å².